The van der Waals surface area contributed by atoms with E-state index < -0.39 is 0 Å². The minimum absolute atomic E-state index is 0.307. The Balaban J connectivity index is 0.772. The molecule has 10 rings (SSSR count). The van der Waals surface area contributed by atoms with Crippen LogP contribution in [0.2, 0.25) is 0 Å². The maximum atomic E-state index is 6.53. The Bertz CT molecular complexity index is 1830. The molecule has 4 atom stereocenters. The lowest BCUT2D eigenvalue weighted by Gasteiger charge is -2.44. The van der Waals surface area contributed by atoms with Crippen LogP contribution in [0.15, 0.2) is 36.4 Å². The molecule has 266 valence electrons. The van der Waals surface area contributed by atoms with E-state index >= 15 is 0 Å². The number of rotatable bonds is 5. The number of piperidine rings is 2. The molecule has 0 bridgehead atoms. The third kappa shape index (κ3) is 6.20. The van der Waals surface area contributed by atoms with E-state index in [0.29, 0.717) is 24.1 Å². The number of hydrogen-bond acceptors (Lipinski definition) is 8. The molecule has 50 heavy (non-hydrogen) atoms. The van der Waals surface area contributed by atoms with Crippen LogP contribution in [0.4, 0.5) is 0 Å². The fraction of sp³-hybridized carbons (Fsp3) is 0.650. The average Bonchev–Trinajstić information content (AvgIpc) is 3.51. The second-order valence-electron chi connectivity index (χ2n) is 16.1. The molecule has 0 saturated carbocycles. The van der Waals surface area contributed by atoms with E-state index in [1.54, 1.807) is 0 Å². The summed E-state index contributed by atoms with van der Waals surface area (Å²) in [6, 6.07) is 15.3. The quantitative estimate of drug-likeness (QED) is 0.312. The SMILES string of the molecule is c1cc2c(cc1CN1CCOCC1)nc1n2CCN2CC(C3CN(Cc4ccc5c(c4)nc4n5CCN5CCCC[C@H]5C4)CCO3)CC[C@@H]2C1. The zero-order valence-corrected chi connectivity index (χ0v) is 29.7. The van der Waals surface area contributed by atoms with Crippen molar-refractivity contribution in [3.63, 3.8) is 0 Å². The summed E-state index contributed by atoms with van der Waals surface area (Å²) in [4.78, 5) is 21.1. The largest absolute Gasteiger partial charge is 0.379 e. The van der Waals surface area contributed by atoms with Gasteiger partial charge < -0.3 is 18.6 Å². The average molecular weight is 679 g/mol. The molecule has 6 aliphatic heterocycles. The number of benzene rings is 2. The molecule has 2 unspecified atom stereocenters. The van der Waals surface area contributed by atoms with Gasteiger partial charge >= 0.3 is 0 Å². The van der Waals surface area contributed by atoms with Crippen molar-refractivity contribution < 1.29 is 9.47 Å². The third-order valence-corrected chi connectivity index (χ3v) is 13.1. The highest BCUT2D eigenvalue weighted by atomic mass is 16.5. The molecule has 10 heteroatoms. The second-order valence-corrected chi connectivity index (χ2v) is 16.1. The van der Waals surface area contributed by atoms with Crippen LogP contribution in [-0.4, -0.2) is 129 Å². The van der Waals surface area contributed by atoms with Gasteiger partial charge in [-0.2, -0.15) is 0 Å². The van der Waals surface area contributed by atoms with Gasteiger partial charge in [-0.05, 0) is 73.5 Å². The van der Waals surface area contributed by atoms with Crippen molar-refractivity contribution in [3.8, 4) is 0 Å². The number of hydrogen-bond donors (Lipinski definition) is 0. The number of morpholine rings is 2. The van der Waals surface area contributed by atoms with Crippen LogP contribution in [0.3, 0.4) is 0 Å². The Morgan fingerprint density at radius 3 is 2.00 bits per heavy atom. The highest BCUT2D eigenvalue weighted by Crippen LogP contribution is 2.33. The predicted octanol–water partition coefficient (Wildman–Crippen LogP) is 4.17. The van der Waals surface area contributed by atoms with Crippen LogP contribution in [0.25, 0.3) is 22.1 Å². The van der Waals surface area contributed by atoms with Gasteiger partial charge in [-0.15, -0.1) is 0 Å². The van der Waals surface area contributed by atoms with Gasteiger partial charge in [0.25, 0.3) is 0 Å². The van der Waals surface area contributed by atoms with Crippen LogP contribution < -0.4 is 0 Å². The molecule has 8 heterocycles. The number of ether oxygens (including phenoxy) is 2. The van der Waals surface area contributed by atoms with Gasteiger partial charge in [-0.25, -0.2) is 9.97 Å². The zero-order chi connectivity index (χ0) is 33.0. The lowest BCUT2D eigenvalue weighted by atomic mass is 9.86. The fourth-order valence-electron chi connectivity index (χ4n) is 10.3. The third-order valence-electron chi connectivity index (χ3n) is 13.1. The minimum Gasteiger partial charge on any atom is -0.379 e. The van der Waals surface area contributed by atoms with Crippen LogP contribution in [0.1, 0.15) is 54.9 Å². The van der Waals surface area contributed by atoms with E-state index in [-0.39, 0.29) is 0 Å². The van der Waals surface area contributed by atoms with Crippen molar-refractivity contribution in [1.82, 2.24) is 38.7 Å². The molecule has 4 aromatic rings. The van der Waals surface area contributed by atoms with Gasteiger partial charge in [-0.1, -0.05) is 18.6 Å². The predicted molar refractivity (Wildman–Crippen MR) is 195 cm³/mol. The Morgan fingerprint density at radius 2 is 1.26 bits per heavy atom. The summed E-state index contributed by atoms with van der Waals surface area (Å²) in [5, 5.41) is 0. The van der Waals surface area contributed by atoms with Crippen molar-refractivity contribution >= 4 is 22.1 Å². The highest BCUT2D eigenvalue weighted by Gasteiger charge is 2.37. The number of nitrogens with zero attached hydrogens (tertiary/aromatic N) is 8. The maximum Gasteiger partial charge on any atom is 0.111 e. The molecule has 2 aromatic heterocycles. The molecule has 0 amide bonds. The first-order valence-electron chi connectivity index (χ1n) is 19.8. The molecule has 0 spiro atoms. The smallest absolute Gasteiger partial charge is 0.111 e. The standard InChI is InChI=1S/C40H54N8O2/c1-2-10-45-11-13-47-36-9-5-30(22-35(36)41-39(47)23-32(45)3-1)26-44-17-20-50-38(28-44)31-6-7-33-24-40-42-34-21-29(25-43-15-18-49-19-16-43)4-8-37(34)48(40)14-12-46(33)27-31/h4-5,8-9,21-22,31-33,38H,1-3,6-7,10-20,23-28H2/t31?,32-,33+,38?/m0/s1. The van der Waals surface area contributed by atoms with Gasteiger partial charge in [0.15, 0.2) is 0 Å². The van der Waals surface area contributed by atoms with E-state index in [1.165, 1.54) is 83.5 Å². The monoisotopic (exact) mass is 678 g/mol. The van der Waals surface area contributed by atoms with Gasteiger partial charge in [0.05, 0.1) is 48.0 Å². The van der Waals surface area contributed by atoms with Crippen molar-refractivity contribution in [2.45, 2.75) is 89.3 Å². The van der Waals surface area contributed by atoms with Gasteiger partial charge in [0.2, 0.25) is 0 Å². The second kappa shape index (κ2) is 13.6. The van der Waals surface area contributed by atoms with Crippen LogP contribution in [0, 0.1) is 5.92 Å². The van der Waals surface area contributed by atoms with Crippen LogP contribution in [0.5, 0.6) is 0 Å². The minimum atomic E-state index is 0.307. The maximum absolute atomic E-state index is 6.53. The number of aromatic nitrogens is 4. The first-order chi connectivity index (χ1) is 24.7. The fourth-order valence-corrected chi connectivity index (χ4v) is 10.3. The summed E-state index contributed by atoms with van der Waals surface area (Å²) in [6.07, 6.45) is 8.98. The van der Waals surface area contributed by atoms with Gasteiger partial charge in [0.1, 0.15) is 11.6 Å². The summed E-state index contributed by atoms with van der Waals surface area (Å²) in [6.45, 7) is 15.3. The zero-order valence-electron chi connectivity index (χ0n) is 29.7. The van der Waals surface area contributed by atoms with Crippen molar-refractivity contribution in [1.29, 1.82) is 0 Å². The molecule has 10 nitrogen and oxygen atoms in total. The summed E-state index contributed by atoms with van der Waals surface area (Å²) >= 11 is 0. The Morgan fingerprint density at radius 1 is 0.600 bits per heavy atom. The normalized spacial score (nSPS) is 28.9. The van der Waals surface area contributed by atoms with E-state index in [0.717, 1.165) is 105 Å². The highest BCUT2D eigenvalue weighted by molar-refractivity contribution is 5.78. The van der Waals surface area contributed by atoms with E-state index in [9.17, 15) is 0 Å². The van der Waals surface area contributed by atoms with Crippen molar-refractivity contribution in [2.75, 3.05) is 72.2 Å². The molecule has 0 radical (unpaired) electrons. The van der Waals surface area contributed by atoms with Crippen LogP contribution >= 0.6 is 0 Å². The summed E-state index contributed by atoms with van der Waals surface area (Å²) in [5.74, 6) is 3.16. The van der Waals surface area contributed by atoms with Gasteiger partial charge in [0, 0.05) is 96.9 Å². The lowest BCUT2D eigenvalue weighted by molar-refractivity contribution is -0.0794. The summed E-state index contributed by atoms with van der Waals surface area (Å²) in [5.41, 5.74) is 7.73. The molecular weight excluding hydrogens is 624 g/mol. The Labute approximate surface area is 296 Å². The molecule has 0 N–H and O–H groups in total. The van der Waals surface area contributed by atoms with Crippen LogP contribution in [-0.2, 0) is 48.5 Å². The summed E-state index contributed by atoms with van der Waals surface area (Å²) in [7, 11) is 0. The number of imidazole rings is 2. The first kappa shape index (κ1) is 31.8. The molecule has 4 saturated heterocycles. The number of fused-ring (bicyclic) bond motifs is 8. The molecule has 4 fully saturated rings. The van der Waals surface area contributed by atoms with E-state index in [4.69, 9.17) is 19.4 Å². The molecular formula is C40H54N8O2. The van der Waals surface area contributed by atoms with Crippen molar-refractivity contribution in [2.24, 2.45) is 5.92 Å². The first-order valence-corrected chi connectivity index (χ1v) is 19.8. The Hall–Kier alpha value is -2.86. The molecule has 2 aromatic carbocycles. The van der Waals surface area contributed by atoms with E-state index in [1.807, 2.05) is 0 Å². The van der Waals surface area contributed by atoms with E-state index in [2.05, 4.69) is 65.1 Å². The molecule has 6 aliphatic rings. The molecule has 0 aliphatic carbocycles. The Kier molecular flexibility index (Phi) is 8.66. The lowest BCUT2D eigenvalue weighted by Crippen LogP contribution is -2.52. The van der Waals surface area contributed by atoms with Crippen molar-refractivity contribution in [3.05, 3.63) is 59.2 Å². The topological polar surface area (TPSA) is 67.1 Å². The van der Waals surface area contributed by atoms with Gasteiger partial charge in [-0.3, -0.25) is 19.6 Å². The summed E-state index contributed by atoms with van der Waals surface area (Å²) < 4.78 is 17.1.